The Labute approximate surface area is 85.6 Å². The molecule has 0 saturated heterocycles. The molecular weight excluding hydrogens is 188 g/mol. The summed E-state index contributed by atoms with van der Waals surface area (Å²) < 4.78 is 10.0. The summed E-state index contributed by atoms with van der Waals surface area (Å²) in [4.78, 5) is 9.00. The summed E-state index contributed by atoms with van der Waals surface area (Å²) in [7, 11) is 1.00. The van der Waals surface area contributed by atoms with Crippen molar-refractivity contribution >= 4 is 5.97 Å². The molecule has 0 spiro atoms. The lowest BCUT2D eigenvalue weighted by Crippen LogP contribution is -2.02. The molecule has 0 aromatic rings. The number of aliphatic carboxylic acids is 1. The highest BCUT2D eigenvalue weighted by atomic mass is 16.5. The maximum absolute atomic E-state index is 9.00. The van der Waals surface area contributed by atoms with Crippen LogP contribution in [-0.4, -0.2) is 49.7 Å². The van der Waals surface area contributed by atoms with Gasteiger partial charge in [0.05, 0.1) is 13.2 Å². The van der Waals surface area contributed by atoms with E-state index in [1.165, 1.54) is 0 Å². The zero-order chi connectivity index (χ0) is 11.8. The minimum atomic E-state index is -0.833. The molecule has 0 saturated carbocycles. The van der Waals surface area contributed by atoms with E-state index in [0.29, 0.717) is 0 Å². The quantitative estimate of drug-likeness (QED) is 0.655. The Morgan fingerprint density at radius 2 is 1.29 bits per heavy atom. The van der Waals surface area contributed by atoms with Gasteiger partial charge in [0.1, 0.15) is 0 Å². The van der Waals surface area contributed by atoms with Gasteiger partial charge in [0, 0.05) is 27.2 Å². The molecule has 0 atom stereocenters. The van der Waals surface area contributed by atoms with Crippen molar-refractivity contribution in [1.29, 1.82) is 0 Å². The molecule has 0 radical (unpaired) electrons. The van der Waals surface area contributed by atoms with Gasteiger partial charge in [0.2, 0.25) is 0 Å². The van der Waals surface area contributed by atoms with Gasteiger partial charge in [0.15, 0.2) is 0 Å². The van der Waals surface area contributed by atoms with Gasteiger partial charge in [-0.2, -0.15) is 0 Å². The van der Waals surface area contributed by atoms with Crippen LogP contribution in [0.25, 0.3) is 0 Å². The van der Waals surface area contributed by atoms with Gasteiger partial charge >= 0.3 is 0 Å². The van der Waals surface area contributed by atoms with Gasteiger partial charge in [0.25, 0.3) is 5.97 Å². The summed E-state index contributed by atoms with van der Waals surface area (Å²) in [5, 5.41) is 14.4. The molecule has 0 aromatic heterocycles. The monoisotopic (exact) mass is 210 g/mol. The Hall–Kier alpha value is -0.650. The SMILES string of the molecule is CC(=O)O.CCOCCOCC.CO. The van der Waals surface area contributed by atoms with Gasteiger partial charge in [-0.15, -0.1) is 0 Å². The van der Waals surface area contributed by atoms with Gasteiger partial charge < -0.3 is 19.7 Å². The van der Waals surface area contributed by atoms with Crippen LogP contribution in [0.5, 0.6) is 0 Å². The molecule has 0 aromatic carbocycles. The number of carboxylic acids is 1. The number of hydrogen-bond acceptors (Lipinski definition) is 4. The number of rotatable bonds is 5. The third-order valence-corrected chi connectivity index (χ3v) is 0.780. The maximum atomic E-state index is 9.00. The lowest BCUT2D eigenvalue weighted by atomic mass is 10.7. The highest BCUT2D eigenvalue weighted by molar-refractivity contribution is 5.62. The van der Waals surface area contributed by atoms with Crippen molar-refractivity contribution in [2.75, 3.05) is 33.5 Å². The number of aliphatic hydroxyl groups excluding tert-OH is 1. The number of carbonyl (C=O) groups is 1. The van der Waals surface area contributed by atoms with Crippen molar-refractivity contribution in [2.45, 2.75) is 20.8 Å². The van der Waals surface area contributed by atoms with Crippen LogP contribution in [-0.2, 0) is 14.3 Å². The van der Waals surface area contributed by atoms with Crippen LogP contribution in [0.3, 0.4) is 0 Å². The first-order valence-corrected chi connectivity index (χ1v) is 4.44. The molecule has 0 heterocycles. The van der Waals surface area contributed by atoms with Crippen LogP contribution in [0, 0.1) is 0 Å². The highest BCUT2D eigenvalue weighted by Crippen LogP contribution is 1.75. The average Bonchev–Trinajstić information content (AvgIpc) is 2.15. The Kier molecular flexibility index (Phi) is 31.0. The van der Waals surface area contributed by atoms with E-state index in [2.05, 4.69) is 0 Å². The second kappa shape index (κ2) is 22.8. The van der Waals surface area contributed by atoms with Gasteiger partial charge in [-0.25, -0.2) is 0 Å². The molecule has 5 heteroatoms. The minimum Gasteiger partial charge on any atom is -0.481 e. The van der Waals surface area contributed by atoms with Crippen LogP contribution in [0.4, 0.5) is 0 Å². The van der Waals surface area contributed by atoms with Crippen molar-refractivity contribution in [1.82, 2.24) is 0 Å². The van der Waals surface area contributed by atoms with Crippen LogP contribution in [0.2, 0.25) is 0 Å². The molecule has 2 N–H and O–H groups in total. The molecule has 14 heavy (non-hydrogen) atoms. The van der Waals surface area contributed by atoms with E-state index in [0.717, 1.165) is 40.5 Å². The van der Waals surface area contributed by atoms with E-state index in [1.807, 2.05) is 13.8 Å². The van der Waals surface area contributed by atoms with Crippen molar-refractivity contribution in [3.8, 4) is 0 Å². The third kappa shape index (κ3) is 64.3. The summed E-state index contributed by atoms with van der Waals surface area (Å²) in [5.74, 6) is -0.833. The summed E-state index contributed by atoms with van der Waals surface area (Å²) in [6.07, 6.45) is 0. The summed E-state index contributed by atoms with van der Waals surface area (Å²) in [5.41, 5.74) is 0. The zero-order valence-electron chi connectivity index (χ0n) is 9.45. The number of hydrogen-bond donors (Lipinski definition) is 2. The first-order valence-electron chi connectivity index (χ1n) is 4.44. The third-order valence-electron chi connectivity index (χ3n) is 0.780. The smallest absolute Gasteiger partial charge is 0.300 e. The van der Waals surface area contributed by atoms with E-state index in [4.69, 9.17) is 24.5 Å². The van der Waals surface area contributed by atoms with Gasteiger partial charge in [-0.05, 0) is 13.8 Å². The average molecular weight is 210 g/mol. The first-order chi connectivity index (χ1) is 6.65. The van der Waals surface area contributed by atoms with E-state index < -0.39 is 5.97 Å². The molecule has 0 unspecified atom stereocenters. The molecule has 0 bridgehead atoms. The standard InChI is InChI=1S/C6H14O2.C2H4O2.CH4O/c1-3-7-5-6-8-4-2;1-2(3)4;1-2/h3-6H2,1-2H3;1H3,(H,3,4);2H,1H3. The first kappa shape index (κ1) is 19.0. The number of carboxylic acid groups (broad SMARTS) is 1. The van der Waals surface area contributed by atoms with Crippen LogP contribution < -0.4 is 0 Å². The fourth-order valence-corrected chi connectivity index (χ4v) is 0.407. The van der Waals surface area contributed by atoms with Crippen LogP contribution in [0.15, 0.2) is 0 Å². The fourth-order valence-electron chi connectivity index (χ4n) is 0.407. The Balaban J connectivity index is -0.000000170. The molecule has 0 aliphatic rings. The molecular formula is C9H22O5. The van der Waals surface area contributed by atoms with Crippen LogP contribution >= 0.6 is 0 Å². The largest absolute Gasteiger partial charge is 0.481 e. The summed E-state index contributed by atoms with van der Waals surface area (Å²) >= 11 is 0. The Morgan fingerprint density at radius 3 is 1.43 bits per heavy atom. The van der Waals surface area contributed by atoms with E-state index >= 15 is 0 Å². The number of aliphatic hydroxyl groups is 1. The highest BCUT2D eigenvalue weighted by Gasteiger charge is 1.81. The zero-order valence-corrected chi connectivity index (χ0v) is 9.45. The van der Waals surface area contributed by atoms with Crippen LogP contribution in [0.1, 0.15) is 20.8 Å². The maximum Gasteiger partial charge on any atom is 0.300 e. The molecule has 88 valence electrons. The molecule has 0 aliphatic heterocycles. The van der Waals surface area contributed by atoms with E-state index in [9.17, 15) is 0 Å². The lowest BCUT2D eigenvalue weighted by Gasteiger charge is -1.99. The van der Waals surface area contributed by atoms with Gasteiger partial charge in [-0.1, -0.05) is 0 Å². The molecule has 0 rings (SSSR count). The minimum absolute atomic E-state index is 0.727. The fraction of sp³-hybridized carbons (Fsp3) is 0.889. The van der Waals surface area contributed by atoms with Crippen molar-refractivity contribution < 1.29 is 24.5 Å². The second-order valence-corrected chi connectivity index (χ2v) is 1.91. The lowest BCUT2D eigenvalue weighted by molar-refractivity contribution is -0.134. The normalized spacial score (nSPS) is 7.79. The molecule has 5 nitrogen and oxygen atoms in total. The second-order valence-electron chi connectivity index (χ2n) is 1.91. The predicted molar refractivity (Wildman–Crippen MR) is 54.4 cm³/mol. The molecule has 0 aliphatic carbocycles. The summed E-state index contributed by atoms with van der Waals surface area (Å²) in [6.45, 7) is 8.06. The van der Waals surface area contributed by atoms with Crippen molar-refractivity contribution in [2.24, 2.45) is 0 Å². The Bertz CT molecular complexity index is 85.2. The molecule has 0 amide bonds. The summed E-state index contributed by atoms with van der Waals surface area (Å²) in [6, 6.07) is 0. The number of ether oxygens (including phenoxy) is 2. The van der Waals surface area contributed by atoms with E-state index in [-0.39, 0.29) is 0 Å². The van der Waals surface area contributed by atoms with E-state index in [1.54, 1.807) is 0 Å². The predicted octanol–water partition coefficient (Wildman–Crippen LogP) is 0.759. The van der Waals surface area contributed by atoms with Gasteiger partial charge in [-0.3, -0.25) is 4.79 Å². The topological polar surface area (TPSA) is 76.0 Å². The van der Waals surface area contributed by atoms with Crippen molar-refractivity contribution in [3.05, 3.63) is 0 Å². The molecule has 0 fully saturated rings. The van der Waals surface area contributed by atoms with Crippen molar-refractivity contribution in [3.63, 3.8) is 0 Å². The Morgan fingerprint density at radius 1 is 1.07 bits per heavy atom.